The Kier molecular flexibility index (Phi) is 7.86. The van der Waals surface area contributed by atoms with E-state index in [0.717, 1.165) is 29.7 Å². The fraction of sp³-hybridized carbons (Fsp3) is 0.433. The lowest BCUT2D eigenvalue weighted by molar-refractivity contribution is 0.0195. The summed E-state index contributed by atoms with van der Waals surface area (Å²) in [6.45, 7) is 6.93. The van der Waals surface area contributed by atoms with Crippen LogP contribution in [0, 0.1) is 0 Å². The summed E-state index contributed by atoms with van der Waals surface area (Å²) in [5.74, 6) is 0.640. The molecule has 0 spiro atoms. The molecule has 2 atom stereocenters. The van der Waals surface area contributed by atoms with Gasteiger partial charge in [-0.1, -0.05) is 52.8 Å². The molecule has 2 aliphatic rings. The Balaban J connectivity index is 1.33. The van der Waals surface area contributed by atoms with Gasteiger partial charge in [0.2, 0.25) is 5.89 Å². The summed E-state index contributed by atoms with van der Waals surface area (Å²) in [5, 5.41) is 8.37. The van der Waals surface area contributed by atoms with E-state index in [0.29, 0.717) is 43.3 Å². The van der Waals surface area contributed by atoms with E-state index in [-0.39, 0.29) is 17.9 Å². The number of rotatable bonds is 5. The SMILES string of the molecule is CO/N=C1\C[C@@H](c2nc([C@H]3CCCN(C(=O)OC(C)(C)C)C3)no2)N(C(=O)c2ccc(-c3ccccc3)cc2)C1. The molecule has 0 unspecified atom stereocenters. The van der Waals surface area contributed by atoms with Crippen LogP contribution in [-0.2, 0) is 9.57 Å². The summed E-state index contributed by atoms with van der Waals surface area (Å²) >= 11 is 0. The van der Waals surface area contributed by atoms with Crippen molar-refractivity contribution in [3.05, 3.63) is 71.9 Å². The fourth-order valence-electron chi connectivity index (χ4n) is 5.16. The first kappa shape index (κ1) is 27.4. The van der Waals surface area contributed by atoms with Crippen molar-refractivity contribution in [1.82, 2.24) is 19.9 Å². The van der Waals surface area contributed by atoms with Crippen LogP contribution in [0.3, 0.4) is 0 Å². The minimum absolute atomic E-state index is 0.0815. The summed E-state index contributed by atoms with van der Waals surface area (Å²) in [6.07, 6.45) is 1.73. The number of aromatic nitrogens is 2. The van der Waals surface area contributed by atoms with Crippen LogP contribution in [0.5, 0.6) is 0 Å². The molecule has 40 heavy (non-hydrogen) atoms. The molecule has 2 saturated heterocycles. The standard InChI is InChI=1S/C30H35N5O5/c1-30(2,3)39-29(37)34-16-8-11-23(18-34)26-31-27(40-33-26)25-17-24(32-38-4)19-35(25)28(36)22-14-12-21(13-15-22)20-9-6-5-7-10-20/h5-7,9-10,12-15,23,25H,8,11,16-19H2,1-4H3/b32-24+/t23-,25-/m0/s1. The summed E-state index contributed by atoms with van der Waals surface area (Å²) in [7, 11) is 1.49. The van der Waals surface area contributed by atoms with Crippen molar-refractivity contribution in [2.75, 3.05) is 26.7 Å². The van der Waals surface area contributed by atoms with Gasteiger partial charge < -0.3 is 23.9 Å². The van der Waals surface area contributed by atoms with Crippen molar-refractivity contribution in [3.63, 3.8) is 0 Å². The molecule has 210 valence electrons. The normalized spacial score (nSPS) is 20.6. The maximum absolute atomic E-state index is 13.7. The van der Waals surface area contributed by atoms with Gasteiger partial charge in [-0.25, -0.2) is 4.79 Å². The van der Waals surface area contributed by atoms with Crippen molar-refractivity contribution >= 4 is 17.7 Å². The molecule has 10 nitrogen and oxygen atoms in total. The van der Waals surface area contributed by atoms with Crippen LogP contribution in [-0.4, -0.2) is 70.0 Å². The molecular weight excluding hydrogens is 510 g/mol. The van der Waals surface area contributed by atoms with Crippen LogP contribution < -0.4 is 0 Å². The van der Waals surface area contributed by atoms with E-state index in [9.17, 15) is 9.59 Å². The number of ether oxygens (including phenoxy) is 1. The smallest absolute Gasteiger partial charge is 0.410 e. The van der Waals surface area contributed by atoms with Crippen molar-refractivity contribution in [2.24, 2.45) is 5.16 Å². The molecule has 3 heterocycles. The highest BCUT2D eigenvalue weighted by molar-refractivity contribution is 6.00. The summed E-state index contributed by atoms with van der Waals surface area (Å²) in [6, 6.07) is 17.1. The van der Waals surface area contributed by atoms with Crippen LogP contribution in [0.15, 0.2) is 64.3 Å². The zero-order valence-electron chi connectivity index (χ0n) is 23.4. The second kappa shape index (κ2) is 11.5. The monoisotopic (exact) mass is 545 g/mol. The topological polar surface area (TPSA) is 110 Å². The number of nitrogens with zero attached hydrogens (tertiary/aromatic N) is 5. The Morgan fingerprint density at radius 1 is 1.05 bits per heavy atom. The number of hydrogen-bond donors (Lipinski definition) is 0. The van der Waals surface area contributed by atoms with Gasteiger partial charge in [0.25, 0.3) is 5.91 Å². The van der Waals surface area contributed by atoms with Crippen molar-refractivity contribution in [2.45, 2.75) is 57.6 Å². The van der Waals surface area contributed by atoms with Gasteiger partial charge in [0.05, 0.1) is 12.3 Å². The van der Waals surface area contributed by atoms with Gasteiger partial charge in [0, 0.05) is 31.0 Å². The average Bonchev–Trinajstić information content (AvgIpc) is 3.60. The molecule has 1 aromatic heterocycles. The molecule has 0 radical (unpaired) electrons. The fourth-order valence-corrected chi connectivity index (χ4v) is 5.16. The summed E-state index contributed by atoms with van der Waals surface area (Å²) in [5.41, 5.74) is 2.83. The maximum Gasteiger partial charge on any atom is 0.410 e. The third-order valence-electron chi connectivity index (χ3n) is 7.06. The number of benzene rings is 2. The largest absolute Gasteiger partial charge is 0.444 e. The molecule has 5 rings (SSSR count). The van der Waals surface area contributed by atoms with Gasteiger partial charge in [-0.15, -0.1) is 0 Å². The molecule has 0 N–H and O–H groups in total. The Labute approximate surface area is 233 Å². The third-order valence-corrected chi connectivity index (χ3v) is 7.06. The number of piperidine rings is 1. The Morgan fingerprint density at radius 2 is 1.77 bits per heavy atom. The summed E-state index contributed by atoms with van der Waals surface area (Å²) < 4.78 is 11.3. The van der Waals surface area contributed by atoms with E-state index < -0.39 is 11.6 Å². The van der Waals surface area contributed by atoms with E-state index in [4.69, 9.17) is 19.1 Å². The predicted molar refractivity (Wildman–Crippen MR) is 149 cm³/mol. The van der Waals surface area contributed by atoms with Crippen LogP contribution in [0.1, 0.15) is 74.1 Å². The lowest BCUT2D eigenvalue weighted by Gasteiger charge is -2.33. The van der Waals surface area contributed by atoms with Crippen molar-refractivity contribution in [1.29, 1.82) is 0 Å². The van der Waals surface area contributed by atoms with Gasteiger partial charge in [-0.05, 0) is 56.9 Å². The zero-order valence-corrected chi connectivity index (χ0v) is 23.4. The molecule has 2 fully saturated rings. The van der Waals surface area contributed by atoms with Crippen LogP contribution in [0.2, 0.25) is 0 Å². The Bertz CT molecular complexity index is 1360. The second-order valence-corrected chi connectivity index (χ2v) is 11.2. The number of hydrogen-bond acceptors (Lipinski definition) is 8. The molecular formula is C30H35N5O5. The summed E-state index contributed by atoms with van der Waals surface area (Å²) in [4.78, 5) is 39.4. The quantitative estimate of drug-likeness (QED) is 0.393. The molecule has 3 aromatic rings. The second-order valence-electron chi connectivity index (χ2n) is 11.2. The number of carbonyl (C=O) groups excluding carboxylic acids is 2. The highest BCUT2D eigenvalue weighted by Gasteiger charge is 2.39. The van der Waals surface area contributed by atoms with Crippen LogP contribution in [0.4, 0.5) is 4.79 Å². The molecule has 10 heteroatoms. The van der Waals surface area contributed by atoms with E-state index >= 15 is 0 Å². The van der Waals surface area contributed by atoms with Gasteiger partial charge in [-0.2, -0.15) is 4.98 Å². The first-order valence-corrected chi connectivity index (χ1v) is 13.6. The third kappa shape index (κ3) is 6.16. The Morgan fingerprint density at radius 3 is 2.48 bits per heavy atom. The van der Waals surface area contributed by atoms with E-state index in [2.05, 4.69) is 10.3 Å². The average molecular weight is 546 g/mol. The number of amides is 2. The predicted octanol–water partition coefficient (Wildman–Crippen LogP) is 5.44. The van der Waals surface area contributed by atoms with Gasteiger partial charge in [0.15, 0.2) is 5.82 Å². The van der Waals surface area contributed by atoms with Crippen molar-refractivity contribution in [3.8, 4) is 11.1 Å². The van der Waals surface area contributed by atoms with Crippen LogP contribution in [0.25, 0.3) is 11.1 Å². The first-order chi connectivity index (χ1) is 19.2. The minimum atomic E-state index is -0.564. The molecule has 2 aromatic carbocycles. The molecule has 0 saturated carbocycles. The van der Waals surface area contributed by atoms with Crippen molar-refractivity contribution < 1.29 is 23.7 Å². The van der Waals surface area contributed by atoms with Gasteiger partial charge in [0.1, 0.15) is 18.8 Å². The lowest BCUT2D eigenvalue weighted by atomic mass is 9.98. The van der Waals surface area contributed by atoms with E-state index in [1.807, 2.05) is 75.4 Å². The number of carbonyl (C=O) groups is 2. The minimum Gasteiger partial charge on any atom is -0.444 e. The first-order valence-electron chi connectivity index (χ1n) is 13.6. The van der Waals surface area contributed by atoms with Gasteiger partial charge in [-0.3, -0.25) is 4.79 Å². The maximum atomic E-state index is 13.7. The number of likely N-dealkylation sites (tertiary alicyclic amines) is 2. The highest BCUT2D eigenvalue weighted by Crippen LogP contribution is 2.34. The Hall–Kier alpha value is -4.21. The van der Waals surface area contributed by atoms with E-state index in [1.54, 1.807) is 9.80 Å². The number of oxime groups is 1. The molecule has 2 amide bonds. The lowest BCUT2D eigenvalue weighted by Crippen LogP contribution is -2.42. The van der Waals surface area contributed by atoms with E-state index in [1.165, 1.54) is 7.11 Å². The molecule has 0 bridgehead atoms. The molecule has 2 aliphatic heterocycles. The van der Waals surface area contributed by atoms with Crippen LogP contribution >= 0.6 is 0 Å². The zero-order chi connectivity index (χ0) is 28.3. The molecule has 0 aliphatic carbocycles. The highest BCUT2D eigenvalue weighted by atomic mass is 16.6. The van der Waals surface area contributed by atoms with Gasteiger partial charge >= 0.3 is 6.09 Å².